The molecule has 0 saturated carbocycles. The third-order valence-corrected chi connectivity index (χ3v) is 2.16. The van der Waals surface area contributed by atoms with Gasteiger partial charge in [0, 0.05) is 19.8 Å². The highest BCUT2D eigenvalue weighted by Crippen LogP contribution is 2.14. The molecule has 0 aliphatic rings. The zero-order valence-electron chi connectivity index (χ0n) is 9.27. The van der Waals surface area contributed by atoms with Crippen LogP contribution < -0.4 is 4.90 Å². The van der Waals surface area contributed by atoms with Crippen molar-refractivity contribution >= 4 is 11.7 Å². The first kappa shape index (κ1) is 12.1. The molecule has 0 aliphatic carbocycles. The summed E-state index contributed by atoms with van der Waals surface area (Å²) in [7, 11) is 3.23. The van der Waals surface area contributed by atoms with Crippen LogP contribution in [0, 0.1) is 18.2 Å². The van der Waals surface area contributed by atoms with E-state index >= 15 is 0 Å². The summed E-state index contributed by atoms with van der Waals surface area (Å²) in [5.74, 6) is 2.05. The monoisotopic (exact) mass is 220 g/mol. The number of carbonyl (C=O) groups is 1. The van der Waals surface area contributed by atoms with E-state index in [2.05, 4.69) is 5.92 Å². The molecule has 0 spiro atoms. The number of hydrogen-bond acceptors (Lipinski definition) is 1. The summed E-state index contributed by atoms with van der Waals surface area (Å²) in [6, 6.07) is 5.46. The number of benzene rings is 1. The van der Waals surface area contributed by atoms with Crippen LogP contribution in [0.25, 0.3) is 0 Å². The summed E-state index contributed by atoms with van der Waals surface area (Å²) in [6.45, 7) is 0.240. The minimum Gasteiger partial charge on any atom is -0.316 e. The normalized spacial score (nSPS) is 9.38. The molecule has 2 amide bonds. The Balaban J connectivity index is 2.78. The van der Waals surface area contributed by atoms with Crippen LogP contribution in [0.1, 0.15) is 0 Å². The summed E-state index contributed by atoms with van der Waals surface area (Å²) in [5.41, 5.74) is 0.621. The Morgan fingerprint density at radius 1 is 1.38 bits per heavy atom. The number of carbonyl (C=O) groups excluding carboxylic acids is 1. The fraction of sp³-hybridized carbons (Fsp3) is 0.250. The van der Waals surface area contributed by atoms with Crippen molar-refractivity contribution in [1.29, 1.82) is 0 Å². The second-order valence-corrected chi connectivity index (χ2v) is 3.38. The number of hydrogen-bond donors (Lipinski definition) is 0. The Morgan fingerprint density at radius 3 is 2.44 bits per heavy atom. The number of nitrogens with zero attached hydrogens (tertiary/aromatic N) is 2. The summed E-state index contributed by atoms with van der Waals surface area (Å²) in [6.07, 6.45) is 5.11. The van der Waals surface area contributed by atoms with E-state index in [4.69, 9.17) is 6.42 Å². The van der Waals surface area contributed by atoms with Gasteiger partial charge in [0.15, 0.2) is 0 Å². The molecular formula is C12H13FN2O. The van der Waals surface area contributed by atoms with Crippen LogP contribution in [0.3, 0.4) is 0 Å². The topological polar surface area (TPSA) is 23.6 Å². The smallest absolute Gasteiger partial charge is 0.316 e. The van der Waals surface area contributed by atoms with Gasteiger partial charge in [0.25, 0.3) is 0 Å². The van der Waals surface area contributed by atoms with Crippen LogP contribution in [0.2, 0.25) is 0 Å². The maximum atomic E-state index is 12.7. The molecule has 0 fully saturated rings. The second kappa shape index (κ2) is 5.17. The number of amides is 2. The molecule has 0 N–H and O–H groups in total. The highest BCUT2D eigenvalue weighted by molar-refractivity contribution is 5.91. The Labute approximate surface area is 94.5 Å². The number of halogens is 1. The highest BCUT2D eigenvalue weighted by Gasteiger charge is 2.14. The fourth-order valence-corrected chi connectivity index (χ4v) is 1.24. The van der Waals surface area contributed by atoms with Crippen molar-refractivity contribution in [2.24, 2.45) is 0 Å². The van der Waals surface area contributed by atoms with Gasteiger partial charge in [0.1, 0.15) is 5.82 Å². The van der Waals surface area contributed by atoms with Gasteiger partial charge in [-0.1, -0.05) is 5.92 Å². The molecule has 0 unspecified atom stereocenters. The molecule has 16 heavy (non-hydrogen) atoms. The van der Waals surface area contributed by atoms with Crippen LogP contribution in [0.4, 0.5) is 14.9 Å². The van der Waals surface area contributed by atoms with E-state index in [0.29, 0.717) is 5.69 Å². The van der Waals surface area contributed by atoms with Gasteiger partial charge in [-0.2, -0.15) is 0 Å². The third kappa shape index (κ3) is 2.74. The summed E-state index contributed by atoms with van der Waals surface area (Å²) in [4.78, 5) is 14.6. The lowest BCUT2D eigenvalue weighted by molar-refractivity contribution is 0.221. The minimum atomic E-state index is -0.332. The van der Waals surface area contributed by atoms with Crippen LogP contribution in [-0.2, 0) is 0 Å². The van der Waals surface area contributed by atoms with Gasteiger partial charge < -0.3 is 4.90 Å². The Bertz CT molecular complexity index is 408. The van der Waals surface area contributed by atoms with Gasteiger partial charge in [-0.3, -0.25) is 4.90 Å². The summed E-state index contributed by atoms with van der Waals surface area (Å²) < 4.78 is 12.7. The van der Waals surface area contributed by atoms with Gasteiger partial charge in [-0.25, -0.2) is 9.18 Å². The molecule has 0 radical (unpaired) electrons. The van der Waals surface area contributed by atoms with Crippen LogP contribution >= 0.6 is 0 Å². The molecule has 0 aliphatic heterocycles. The van der Waals surface area contributed by atoms with E-state index in [1.54, 1.807) is 14.1 Å². The molecule has 0 heterocycles. The summed E-state index contributed by atoms with van der Waals surface area (Å²) in [5, 5.41) is 0. The van der Waals surface area contributed by atoms with E-state index in [0.717, 1.165) is 0 Å². The van der Waals surface area contributed by atoms with Crippen molar-refractivity contribution < 1.29 is 9.18 Å². The third-order valence-electron chi connectivity index (χ3n) is 2.16. The van der Waals surface area contributed by atoms with Gasteiger partial charge in [-0.05, 0) is 24.3 Å². The van der Waals surface area contributed by atoms with Gasteiger partial charge in [0.05, 0.1) is 6.54 Å². The maximum absolute atomic E-state index is 12.7. The first-order valence-corrected chi connectivity index (χ1v) is 4.74. The lowest BCUT2D eigenvalue weighted by Gasteiger charge is -2.23. The first-order valence-electron chi connectivity index (χ1n) is 4.74. The molecule has 1 aromatic rings. The standard InChI is InChI=1S/C12H13FN2O/c1-4-9-14(2)12(16)15(3)11-7-5-10(13)6-8-11/h1,5-8H,9H2,2-3H3. The maximum Gasteiger partial charge on any atom is 0.324 e. The molecule has 1 rings (SSSR count). The average Bonchev–Trinajstić information content (AvgIpc) is 2.28. The molecule has 0 bridgehead atoms. The zero-order valence-corrected chi connectivity index (χ0v) is 9.27. The number of rotatable bonds is 2. The van der Waals surface area contributed by atoms with Crippen LogP contribution in [0.15, 0.2) is 24.3 Å². The minimum absolute atomic E-state index is 0.232. The number of anilines is 1. The Hall–Kier alpha value is -2.02. The van der Waals surface area contributed by atoms with Crippen molar-refractivity contribution in [3.05, 3.63) is 30.1 Å². The average molecular weight is 220 g/mol. The molecule has 84 valence electrons. The summed E-state index contributed by atoms with van der Waals surface area (Å²) >= 11 is 0. The van der Waals surface area contributed by atoms with Crippen molar-refractivity contribution in [3.8, 4) is 12.3 Å². The van der Waals surface area contributed by atoms with E-state index in [-0.39, 0.29) is 18.4 Å². The van der Waals surface area contributed by atoms with E-state index in [1.807, 2.05) is 0 Å². The van der Waals surface area contributed by atoms with Crippen molar-refractivity contribution in [3.63, 3.8) is 0 Å². The van der Waals surface area contributed by atoms with E-state index < -0.39 is 0 Å². The van der Waals surface area contributed by atoms with E-state index in [9.17, 15) is 9.18 Å². The van der Waals surface area contributed by atoms with Gasteiger partial charge in [-0.15, -0.1) is 6.42 Å². The predicted octanol–water partition coefficient (Wildman–Crippen LogP) is 1.95. The van der Waals surface area contributed by atoms with Crippen molar-refractivity contribution in [1.82, 2.24) is 4.90 Å². The molecule has 0 saturated heterocycles. The molecule has 0 aromatic heterocycles. The Kier molecular flexibility index (Phi) is 3.90. The largest absolute Gasteiger partial charge is 0.324 e. The van der Waals surface area contributed by atoms with Gasteiger partial charge >= 0.3 is 6.03 Å². The first-order chi connectivity index (χ1) is 7.56. The SMILES string of the molecule is C#CCN(C)C(=O)N(C)c1ccc(F)cc1. The highest BCUT2D eigenvalue weighted by atomic mass is 19.1. The van der Waals surface area contributed by atoms with E-state index in [1.165, 1.54) is 34.1 Å². The lowest BCUT2D eigenvalue weighted by atomic mass is 10.3. The molecule has 1 aromatic carbocycles. The number of terminal acetylenes is 1. The fourth-order valence-electron chi connectivity index (χ4n) is 1.24. The van der Waals surface area contributed by atoms with Crippen LogP contribution in [0.5, 0.6) is 0 Å². The molecule has 4 heteroatoms. The predicted molar refractivity (Wildman–Crippen MR) is 61.7 cm³/mol. The second-order valence-electron chi connectivity index (χ2n) is 3.38. The Morgan fingerprint density at radius 2 is 1.94 bits per heavy atom. The van der Waals surface area contributed by atoms with Gasteiger partial charge in [0.2, 0.25) is 0 Å². The number of urea groups is 1. The molecule has 0 atom stereocenters. The van der Waals surface area contributed by atoms with Crippen molar-refractivity contribution in [2.45, 2.75) is 0 Å². The van der Waals surface area contributed by atoms with Crippen LogP contribution in [-0.4, -0.2) is 31.6 Å². The molecule has 3 nitrogen and oxygen atoms in total. The van der Waals surface area contributed by atoms with Crippen molar-refractivity contribution in [2.75, 3.05) is 25.5 Å². The lowest BCUT2D eigenvalue weighted by Crippen LogP contribution is -2.38. The quantitative estimate of drug-likeness (QED) is 0.699. The zero-order chi connectivity index (χ0) is 12.1. The molecular weight excluding hydrogens is 207 g/mol.